The third-order valence-electron chi connectivity index (χ3n) is 3.04. The predicted octanol–water partition coefficient (Wildman–Crippen LogP) is 3.62. The normalized spacial score (nSPS) is 10.4. The number of anilines is 1. The van der Waals surface area contributed by atoms with Crippen LogP contribution in [-0.4, -0.2) is 12.1 Å². The highest BCUT2D eigenvalue weighted by molar-refractivity contribution is 5.91. The molecule has 100 valence electrons. The van der Waals surface area contributed by atoms with E-state index >= 15 is 0 Å². The van der Waals surface area contributed by atoms with Gasteiger partial charge in [0.05, 0.1) is 7.11 Å². The van der Waals surface area contributed by atoms with E-state index in [0.29, 0.717) is 17.3 Å². The average Bonchev–Trinajstić information content (AvgIpc) is 2.49. The standard InChI is InChI=1S/C16H14N2O2/c1-19-15-4-2-3-14-13(15)9-10-18-16(14)20-12-7-5-11(17)6-8-12/h2-10H,17H2,1H3. The van der Waals surface area contributed by atoms with E-state index in [1.54, 1.807) is 25.4 Å². The molecule has 3 aromatic rings. The number of fused-ring (bicyclic) bond motifs is 1. The van der Waals surface area contributed by atoms with Crippen molar-refractivity contribution in [3.05, 3.63) is 54.7 Å². The van der Waals surface area contributed by atoms with Crippen LogP contribution in [0.3, 0.4) is 0 Å². The zero-order chi connectivity index (χ0) is 13.9. The van der Waals surface area contributed by atoms with Crippen molar-refractivity contribution in [1.29, 1.82) is 0 Å². The Bertz CT molecular complexity index is 739. The third-order valence-corrected chi connectivity index (χ3v) is 3.04. The molecule has 4 heteroatoms. The van der Waals surface area contributed by atoms with E-state index in [1.807, 2.05) is 36.4 Å². The van der Waals surface area contributed by atoms with Crippen molar-refractivity contribution in [2.24, 2.45) is 0 Å². The van der Waals surface area contributed by atoms with Gasteiger partial charge >= 0.3 is 0 Å². The Balaban J connectivity index is 2.05. The molecule has 0 unspecified atom stereocenters. The summed E-state index contributed by atoms with van der Waals surface area (Å²) in [6, 6.07) is 14.9. The molecule has 4 nitrogen and oxygen atoms in total. The Hall–Kier alpha value is -2.75. The van der Waals surface area contributed by atoms with Crippen LogP contribution in [0.25, 0.3) is 10.8 Å². The minimum absolute atomic E-state index is 0.547. The fourth-order valence-corrected chi connectivity index (χ4v) is 2.06. The topological polar surface area (TPSA) is 57.4 Å². The average molecular weight is 266 g/mol. The Labute approximate surface area is 116 Å². The van der Waals surface area contributed by atoms with Crippen LogP contribution in [0.1, 0.15) is 0 Å². The van der Waals surface area contributed by atoms with Gasteiger partial charge in [0.1, 0.15) is 11.5 Å². The number of nitrogen functional groups attached to an aromatic ring is 1. The smallest absolute Gasteiger partial charge is 0.227 e. The molecule has 1 aromatic heterocycles. The maximum Gasteiger partial charge on any atom is 0.227 e. The molecule has 0 radical (unpaired) electrons. The summed E-state index contributed by atoms with van der Waals surface area (Å²) in [4.78, 5) is 4.29. The molecule has 0 aliphatic heterocycles. The van der Waals surface area contributed by atoms with E-state index in [4.69, 9.17) is 15.2 Å². The monoisotopic (exact) mass is 266 g/mol. The Morgan fingerprint density at radius 2 is 1.75 bits per heavy atom. The van der Waals surface area contributed by atoms with Gasteiger partial charge in [-0.3, -0.25) is 0 Å². The summed E-state index contributed by atoms with van der Waals surface area (Å²) in [6.45, 7) is 0. The first-order chi connectivity index (χ1) is 9.78. The van der Waals surface area contributed by atoms with Gasteiger partial charge in [-0.2, -0.15) is 0 Å². The molecule has 0 aliphatic rings. The van der Waals surface area contributed by atoms with E-state index in [2.05, 4.69) is 4.98 Å². The minimum atomic E-state index is 0.547. The van der Waals surface area contributed by atoms with Gasteiger partial charge in [-0.05, 0) is 42.5 Å². The van der Waals surface area contributed by atoms with Crippen molar-refractivity contribution < 1.29 is 9.47 Å². The molecule has 1 heterocycles. The number of methoxy groups -OCH3 is 1. The Morgan fingerprint density at radius 1 is 0.950 bits per heavy atom. The van der Waals surface area contributed by atoms with Gasteiger partial charge in [-0.15, -0.1) is 0 Å². The summed E-state index contributed by atoms with van der Waals surface area (Å²) in [5.74, 6) is 2.04. The van der Waals surface area contributed by atoms with Crippen LogP contribution in [0, 0.1) is 0 Å². The summed E-state index contributed by atoms with van der Waals surface area (Å²) >= 11 is 0. The van der Waals surface area contributed by atoms with Gasteiger partial charge in [0.15, 0.2) is 0 Å². The van der Waals surface area contributed by atoms with E-state index in [-0.39, 0.29) is 0 Å². The van der Waals surface area contributed by atoms with Crippen LogP contribution in [0.4, 0.5) is 5.69 Å². The Kier molecular flexibility index (Phi) is 3.13. The number of benzene rings is 2. The van der Waals surface area contributed by atoms with Crippen molar-refractivity contribution in [1.82, 2.24) is 4.98 Å². The molecule has 0 saturated carbocycles. The lowest BCUT2D eigenvalue weighted by Gasteiger charge is -2.10. The van der Waals surface area contributed by atoms with Crippen molar-refractivity contribution in [3.8, 4) is 17.4 Å². The molecule has 0 saturated heterocycles. The number of hydrogen-bond donors (Lipinski definition) is 1. The molecule has 0 aliphatic carbocycles. The number of nitrogens with two attached hydrogens (primary N) is 1. The number of rotatable bonds is 3. The highest BCUT2D eigenvalue weighted by Crippen LogP contribution is 2.32. The van der Waals surface area contributed by atoms with Crippen LogP contribution >= 0.6 is 0 Å². The molecule has 2 aromatic carbocycles. The SMILES string of the molecule is COc1cccc2c(Oc3ccc(N)cc3)nccc12. The second kappa shape index (κ2) is 5.09. The maximum atomic E-state index is 5.82. The van der Waals surface area contributed by atoms with Gasteiger partial charge in [-0.1, -0.05) is 6.07 Å². The zero-order valence-electron chi connectivity index (χ0n) is 11.0. The molecular formula is C16H14N2O2. The number of hydrogen-bond acceptors (Lipinski definition) is 4. The minimum Gasteiger partial charge on any atom is -0.496 e. The van der Waals surface area contributed by atoms with Crippen LogP contribution in [0.5, 0.6) is 17.4 Å². The van der Waals surface area contributed by atoms with Crippen LogP contribution < -0.4 is 15.2 Å². The second-order valence-electron chi connectivity index (χ2n) is 4.34. The van der Waals surface area contributed by atoms with Crippen molar-refractivity contribution in [2.75, 3.05) is 12.8 Å². The van der Waals surface area contributed by atoms with Crippen molar-refractivity contribution in [3.63, 3.8) is 0 Å². The highest BCUT2D eigenvalue weighted by atomic mass is 16.5. The van der Waals surface area contributed by atoms with Crippen LogP contribution in [-0.2, 0) is 0 Å². The van der Waals surface area contributed by atoms with Gasteiger partial charge in [-0.25, -0.2) is 4.98 Å². The fourth-order valence-electron chi connectivity index (χ4n) is 2.06. The number of pyridine rings is 1. The summed E-state index contributed by atoms with van der Waals surface area (Å²) in [6.07, 6.45) is 1.71. The molecule has 0 atom stereocenters. The quantitative estimate of drug-likeness (QED) is 0.736. The molecule has 0 spiro atoms. The summed E-state index contributed by atoms with van der Waals surface area (Å²) < 4.78 is 11.2. The second-order valence-corrected chi connectivity index (χ2v) is 4.34. The lowest BCUT2D eigenvalue weighted by atomic mass is 10.1. The summed E-state index contributed by atoms with van der Waals surface area (Å²) in [5, 5.41) is 1.87. The van der Waals surface area contributed by atoms with E-state index in [9.17, 15) is 0 Å². The van der Waals surface area contributed by atoms with E-state index in [0.717, 1.165) is 16.5 Å². The van der Waals surface area contributed by atoms with Gasteiger partial charge < -0.3 is 15.2 Å². The number of aromatic nitrogens is 1. The lowest BCUT2D eigenvalue weighted by Crippen LogP contribution is -1.92. The molecule has 2 N–H and O–H groups in total. The van der Waals surface area contributed by atoms with E-state index in [1.165, 1.54) is 0 Å². The van der Waals surface area contributed by atoms with Crippen molar-refractivity contribution in [2.45, 2.75) is 0 Å². The molecule has 0 bridgehead atoms. The third kappa shape index (κ3) is 2.23. The van der Waals surface area contributed by atoms with Gasteiger partial charge in [0, 0.05) is 22.7 Å². The highest BCUT2D eigenvalue weighted by Gasteiger charge is 2.08. The summed E-state index contributed by atoms with van der Waals surface area (Å²) in [5.41, 5.74) is 6.36. The first-order valence-corrected chi connectivity index (χ1v) is 6.23. The molecule has 20 heavy (non-hydrogen) atoms. The largest absolute Gasteiger partial charge is 0.496 e. The van der Waals surface area contributed by atoms with Crippen LogP contribution in [0.15, 0.2) is 54.7 Å². The maximum absolute atomic E-state index is 5.82. The molecule has 0 fully saturated rings. The van der Waals surface area contributed by atoms with Crippen LogP contribution in [0.2, 0.25) is 0 Å². The zero-order valence-corrected chi connectivity index (χ0v) is 11.0. The summed E-state index contributed by atoms with van der Waals surface area (Å²) in [7, 11) is 1.65. The lowest BCUT2D eigenvalue weighted by molar-refractivity contribution is 0.419. The first-order valence-electron chi connectivity index (χ1n) is 6.23. The number of nitrogens with zero attached hydrogens (tertiary/aromatic N) is 1. The molecule has 0 amide bonds. The van der Waals surface area contributed by atoms with Gasteiger partial charge in [0.2, 0.25) is 5.88 Å². The molecule has 3 rings (SSSR count). The van der Waals surface area contributed by atoms with E-state index < -0.39 is 0 Å². The van der Waals surface area contributed by atoms with Gasteiger partial charge in [0.25, 0.3) is 0 Å². The fraction of sp³-hybridized carbons (Fsp3) is 0.0625. The predicted molar refractivity (Wildman–Crippen MR) is 79.2 cm³/mol. The Morgan fingerprint density at radius 3 is 2.50 bits per heavy atom. The molecular weight excluding hydrogens is 252 g/mol. The number of ether oxygens (including phenoxy) is 2. The first kappa shape index (κ1) is 12.3. The van der Waals surface area contributed by atoms with Crippen molar-refractivity contribution >= 4 is 16.5 Å².